The molecule has 2 N–H and O–H groups in total. The summed E-state index contributed by atoms with van der Waals surface area (Å²) in [5, 5.41) is 10.4. The predicted molar refractivity (Wildman–Crippen MR) is 153 cm³/mol. The molecule has 5 nitrogen and oxygen atoms in total. The molecule has 0 fully saturated rings. The van der Waals surface area contributed by atoms with Crippen LogP contribution in [0, 0.1) is 32.1 Å². The molecular formula is C32H30BrN3O2. The van der Waals surface area contributed by atoms with E-state index in [-0.39, 0.29) is 5.78 Å². The first-order valence-electron chi connectivity index (χ1n) is 12.8. The Balaban J connectivity index is 1.63. The first-order valence-corrected chi connectivity index (χ1v) is 13.6. The number of rotatable bonds is 5. The zero-order valence-electron chi connectivity index (χ0n) is 21.8. The lowest BCUT2D eigenvalue weighted by Gasteiger charge is -2.40. The van der Waals surface area contributed by atoms with Crippen molar-refractivity contribution in [1.29, 1.82) is 5.26 Å². The minimum Gasteiger partial charge on any atom is -0.489 e. The van der Waals surface area contributed by atoms with Crippen molar-refractivity contribution in [3.8, 4) is 11.8 Å². The lowest BCUT2D eigenvalue weighted by atomic mass is 9.74. The van der Waals surface area contributed by atoms with Crippen LogP contribution in [0.5, 0.6) is 5.75 Å². The summed E-state index contributed by atoms with van der Waals surface area (Å²) in [5.41, 5.74) is 14.8. The Morgan fingerprint density at radius 1 is 1.03 bits per heavy atom. The number of nitrogens with zero attached hydrogens (tertiary/aromatic N) is 2. The number of benzene rings is 3. The Bertz CT molecular complexity index is 1530. The lowest BCUT2D eigenvalue weighted by Crippen LogP contribution is -2.39. The van der Waals surface area contributed by atoms with Gasteiger partial charge in [-0.1, -0.05) is 46.3 Å². The van der Waals surface area contributed by atoms with E-state index < -0.39 is 5.92 Å². The zero-order valence-corrected chi connectivity index (χ0v) is 23.4. The van der Waals surface area contributed by atoms with Crippen LogP contribution in [0.2, 0.25) is 0 Å². The Morgan fingerprint density at radius 3 is 2.47 bits per heavy atom. The van der Waals surface area contributed by atoms with Gasteiger partial charge in [-0.05, 0) is 91.8 Å². The normalized spacial score (nSPS) is 17.4. The Morgan fingerprint density at radius 2 is 1.76 bits per heavy atom. The van der Waals surface area contributed by atoms with Crippen molar-refractivity contribution >= 4 is 27.4 Å². The van der Waals surface area contributed by atoms with Gasteiger partial charge in [0.05, 0.1) is 23.2 Å². The first kappa shape index (κ1) is 25.8. The van der Waals surface area contributed by atoms with E-state index in [1.807, 2.05) is 67.3 Å². The fraction of sp³-hybridized carbons (Fsp3) is 0.250. The molecule has 2 aliphatic rings. The van der Waals surface area contributed by atoms with Crippen LogP contribution in [0.3, 0.4) is 0 Å². The number of nitriles is 1. The molecule has 192 valence electrons. The second-order valence-electron chi connectivity index (χ2n) is 9.98. The molecule has 1 aliphatic heterocycles. The topological polar surface area (TPSA) is 79.4 Å². The third kappa shape index (κ3) is 4.63. The van der Waals surface area contributed by atoms with Gasteiger partial charge in [0.25, 0.3) is 0 Å². The minimum absolute atomic E-state index is 0.0859. The van der Waals surface area contributed by atoms with E-state index >= 15 is 0 Å². The molecule has 6 heteroatoms. The third-order valence-corrected chi connectivity index (χ3v) is 8.04. The monoisotopic (exact) mass is 567 g/mol. The fourth-order valence-corrected chi connectivity index (χ4v) is 5.83. The molecule has 0 amide bonds. The second kappa shape index (κ2) is 10.5. The van der Waals surface area contributed by atoms with Crippen molar-refractivity contribution in [2.24, 2.45) is 5.73 Å². The number of hydrogen-bond acceptors (Lipinski definition) is 5. The maximum absolute atomic E-state index is 13.6. The van der Waals surface area contributed by atoms with Gasteiger partial charge in [0.15, 0.2) is 5.78 Å². The smallest absolute Gasteiger partial charge is 0.161 e. The highest BCUT2D eigenvalue weighted by atomic mass is 79.9. The molecule has 0 spiro atoms. The Kier molecular flexibility index (Phi) is 7.14. The molecule has 0 radical (unpaired) electrons. The second-order valence-corrected chi connectivity index (χ2v) is 10.9. The fourth-order valence-electron chi connectivity index (χ4n) is 5.56. The highest BCUT2D eigenvalue weighted by Crippen LogP contribution is 2.47. The average molecular weight is 569 g/mol. The molecule has 38 heavy (non-hydrogen) atoms. The van der Waals surface area contributed by atoms with Crippen molar-refractivity contribution in [1.82, 2.24) is 0 Å². The molecule has 0 aromatic heterocycles. The van der Waals surface area contributed by atoms with Crippen LogP contribution in [0.1, 0.15) is 53.0 Å². The van der Waals surface area contributed by atoms with Gasteiger partial charge in [0.2, 0.25) is 0 Å². The number of carbonyl (C=O) groups excluding carboxylic acids is 1. The van der Waals surface area contributed by atoms with Gasteiger partial charge in [0.1, 0.15) is 18.2 Å². The van der Waals surface area contributed by atoms with Gasteiger partial charge >= 0.3 is 0 Å². The summed E-state index contributed by atoms with van der Waals surface area (Å²) in [5.74, 6) is 0.751. The summed E-state index contributed by atoms with van der Waals surface area (Å²) in [7, 11) is 0. The van der Waals surface area contributed by atoms with E-state index in [9.17, 15) is 10.1 Å². The molecule has 5 rings (SSSR count). The Hall–Kier alpha value is -3.82. The molecule has 1 atom stereocenters. The van der Waals surface area contributed by atoms with Gasteiger partial charge in [-0.15, -0.1) is 0 Å². The largest absolute Gasteiger partial charge is 0.489 e. The summed E-state index contributed by atoms with van der Waals surface area (Å²) in [6.07, 6.45) is 1.97. The van der Waals surface area contributed by atoms with Crippen molar-refractivity contribution in [3.05, 3.63) is 116 Å². The number of Topliss-reactive ketones (excluding diaryl/α,β-unsaturated/α-hetero) is 1. The molecular weight excluding hydrogens is 538 g/mol. The van der Waals surface area contributed by atoms with Crippen molar-refractivity contribution < 1.29 is 9.53 Å². The number of anilines is 1. The number of hydrogen-bond donors (Lipinski definition) is 1. The van der Waals surface area contributed by atoms with Crippen molar-refractivity contribution in [2.75, 3.05) is 4.90 Å². The third-order valence-electron chi connectivity index (χ3n) is 7.51. The number of para-hydroxylation sites is 1. The van der Waals surface area contributed by atoms with Crippen LogP contribution in [-0.2, 0) is 11.4 Å². The first-order chi connectivity index (χ1) is 18.3. The maximum atomic E-state index is 13.6. The highest BCUT2D eigenvalue weighted by molar-refractivity contribution is 9.10. The van der Waals surface area contributed by atoms with E-state index in [1.165, 1.54) is 0 Å². The summed E-state index contributed by atoms with van der Waals surface area (Å²) >= 11 is 3.46. The summed E-state index contributed by atoms with van der Waals surface area (Å²) < 4.78 is 7.08. The molecule has 0 saturated carbocycles. The number of carbonyl (C=O) groups is 1. The van der Waals surface area contributed by atoms with E-state index in [4.69, 9.17) is 10.5 Å². The van der Waals surface area contributed by atoms with Crippen LogP contribution < -0.4 is 15.4 Å². The molecule has 3 aromatic carbocycles. The van der Waals surface area contributed by atoms with Crippen LogP contribution in [0.15, 0.2) is 87.8 Å². The zero-order chi connectivity index (χ0) is 27.0. The number of allylic oxidation sites excluding steroid dienone is 3. The maximum Gasteiger partial charge on any atom is 0.161 e. The number of ether oxygens (including phenoxy) is 1. The van der Waals surface area contributed by atoms with E-state index in [0.717, 1.165) is 62.3 Å². The van der Waals surface area contributed by atoms with E-state index in [0.29, 0.717) is 30.0 Å². The van der Waals surface area contributed by atoms with E-state index in [2.05, 4.69) is 41.1 Å². The van der Waals surface area contributed by atoms with Crippen LogP contribution in [-0.4, -0.2) is 5.78 Å². The molecule has 1 aliphatic carbocycles. The van der Waals surface area contributed by atoms with E-state index in [1.54, 1.807) is 0 Å². The molecule has 0 bridgehead atoms. The number of halogens is 1. The molecule has 1 heterocycles. The van der Waals surface area contributed by atoms with Crippen LogP contribution in [0.4, 0.5) is 5.69 Å². The van der Waals surface area contributed by atoms with Crippen LogP contribution in [0.25, 0.3) is 0 Å². The lowest BCUT2D eigenvalue weighted by molar-refractivity contribution is -0.116. The summed E-state index contributed by atoms with van der Waals surface area (Å²) in [6.45, 7) is 6.50. The summed E-state index contributed by atoms with van der Waals surface area (Å²) in [4.78, 5) is 15.5. The van der Waals surface area contributed by atoms with Gasteiger partial charge in [-0.2, -0.15) is 5.26 Å². The quantitative estimate of drug-likeness (QED) is 0.351. The van der Waals surface area contributed by atoms with Gasteiger partial charge < -0.3 is 10.5 Å². The standard InChI is InChI=1S/C32H30BrN3O2/c1-19-7-4-5-8-27(19)36-28-9-6-10-29(37)31(28)30(26(17-34)32(36)35)25-16-22(20(2)15-21(25)3)18-38-24-13-11-23(33)12-14-24/h4-5,7-8,11-16,30H,6,9-10,18,35H2,1-3H3. The number of aryl methyl sites for hydroxylation is 3. The SMILES string of the molecule is Cc1cc(C)c(C2C(C#N)=C(N)N(c3ccccc3C)C3=C2C(=O)CCC3)cc1COc1ccc(Br)cc1. The van der Waals surface area contributed by atoms with Crippen molar-refractivity contribution in [3.63, 3.8) is 0 Å². The number of nitrogens with two attached hydrogens (primary N) is 1. The van der Waals surface area contributed by atoms with Gasteiger partial charge in [-0.3, -0.25) is 9.69 Å². The molecule has 3 aromatic rings. The van der Waals surface area contributed by atoms with Gasteiger partial charge in [0, 0.05) is 22.2 Å². The Labute approximate surface area is 232 Å². The average Bonchev–Trinajstić information content (AvgIpc) is 2.89. The van der Waals surface area contributed by atoms with Crippen LogP contribution >= 0.6 is 15.9 Å². The van der Waals surface area contributed by atoms with Crippen molar-refractivity contribution in [2.45, 2.75) is 52.6 Å². The predicted octanol–water partition coefficient (Wildman–Crippen LogP) is 7.26. The molecule has 1 unspecified atom stereocenters. The highest BCUT2D eigenvalue weighted by Gasteiger charge is 2.41. The number of ketones is 1. The minimum atomic E-state index is -0.505. The summed E-state index contributed by atoms with van der Waals surface area (Å²) in [6, 6.07) is 22.3. The molecule has 0 saturated heterocycles. The van der Waals surface area contributed by atoms with Gasteiger partial charge in [-0.25, -0.2) is 0 Å².